The Balaban J connectivity index is 2.10. The molecule has 1 aliphatic rings. The van der Waals surface area contributed by atoms with E-state index in [2.05, 4.69) is 0 Å². The quantitative estimate of drug-likeness (QED) is 0.779. The van der Waals surface area contributed by atoms with Gasteiger partial charge in [0.05, 0.1) is 5.75 Å². The lowest BCUT2D eigenvalue weighted by atomic mass is 9.97. The highest BCUT2D eigenvalue weighted by Crippen LogP contribution is 2.34. The minimum atomic E-state index is -3.44. The maximum atomic E-state index is 10.9. The molecule has 0 bridgehead atoms. The fraction of sp³-hybridized carbons (Fsp3) is 0.500. The van der Waals surface area contributed by atoms with Gasteiger partial charge in [-0.2, -0.15) is 0 Å². The van der Waals surface area contributed by atoms with Crippen molar-refractivity contribution < 1.29 is 8.42 Å². The van der Waals surface area contributed by atoms with E-state index in [1.54, 1.807) is 0 Å². The highest BCUT2D eigenvalue weighted by atomic mass is 35.7. The third-order valence-corrected chi connectivity index (χ3v) is 4.15. The summed E-state index contributed by atoms with van der Waals surface area (Å²) in [6.45, 7) is 0. The van der Waals surface area contributed by atoms with Crippen molar-refractivity contribution in [1.82, 2.24) is 0 Å². The van der Waals surface area contributed by atoms with Gasteiger partial charge in [0.15, 0.2) is 0 Å². The molecule has 0 amide bonds. The van der Waals surface area contributed by atoms with Gasteiger partial charge in [-0.3, -0.25) is 0 Å². The van der Waals surface area contributed by atoms with Crippen LogP contribution in [0.4, 0.5) is 0 Å². The molecule has 1 aliphatic carbocycles. The topological polar surface area (TPSA) is 34.1 Å². The summed E-state index contributed by atoms with van der Waals surface area (Å²) in [5.74, 6) is 0.584. The predicted octanol–water partition coefficient (Wildman–Crippen LogP) is 3.41. The summed E-state index contributed by atoms with van der Waals surface area (Å²) in [5, 5.41) is 0. The molecule has 1 fully saturated rings. The van der Waals surface area contributed by atoms with Crippen LogP contribution in [0.2, 0.25) is 0 Å². The molecule has 1 aromatic carbocycles. The van der Waals surface area contributed by atoms with E-state index in [-0.39, 0.29) is 5.75 Å². The van der Waals surface area contributed by atoms with Crippen LogP contribution < -0.4 is 0 Å². The number of halogens is 1. The molecule has 16 heavy (non-hydrogen) atoms. The van der Waals surface area contributed by atoms with Gasteiger partial charge in [0.25, 0.3) is 0 Å². The molecule has 0 N–H and O–H groups in total. The normalized spacial score (nSPS) is 17.8. The molecule has 0 unspecified atom stereocenters. The van der Waals surface area contributed by atoms with E-state index in [0.717, 1.165) is 5.56 Å². The van der Waals surface area contributed by atoms with Crippen LogP contribution in [0.5, 0.6) is 0 Å². The molecule has 2 rings (SSSR count). The van der Waals surface area contributed by atoms with Gasteiger partial charge in [0.2, 0.25) is 9.05 Å². The van der Waals surface area contributed by atoms with Crippen molar-refractivity contribution >= 4 is 19.7 Å². The maximum absolute atomic E-state index is 10.9. The second-order valence-corrected chi connectivity index (χ2v) is 7.18. The zero-order chi connectivity index (χ0) is 11.6. The van der Waals surface area contributed by atoms with Crippen LogP contribution in [0.15, 0.2) is 24.3 Å². The third-order valence-electron chi connectivity index (χ3n) is 3.15. The van der Waals surface area contributed by atoms with Crippen molar-refractivity contribution in [2.45, 2.75) is 37.4 Å². The number of hydrogen-bond acceptors (Lipinski definition) is 2. The van der Waals surface area contributed by atoms with Crippen molar-refractivity contribution in [2.75, 3.05) is 0 Å². The summed E-state index contributed by atoms with van der Waals surface area (Å²) in [6.07, 6.45) is 5.13. The first-order valence-electron chi connectivity index (χ1n) is 5.56. The lowest BCUT2D eigenvalue weighted by molar-refractivity contribution is 0.609. The molecular weight excluding hydrogens is 244 g/mol. The number of benzene rings is 1. The van der Waals surface area contributed by atoms with Crippen LogP contribution in [0.1, 0.15) is 42.7 Å². The molecule has 0 heterocycles. The average molecular weight is 259 g/mol. The van der Waals surface area contributed by atoms with Crippen molar-refractivity contribution in [1.29, 1.82) is 0 Å². The fourth-order valence-electron chi connectivity index (χ4n) is 2.34. The van der Waals surface area contributed by atoms with Crippen molar-refractivity contribution in [2.24, 2.45) is 0 Å². The minimum absolute atomic E-state index is 0.0838. The van der Waals surface area contributed by atoms with Gasteiger partial charge in [-0.1, -0.05) is 37.1 Å². The highest BCUT2D eigenvalue weighted by Gasteiger charge is 2.17. The Morgan fingerprint density at radius 1 is 1.12 bits per heavy atom. The molecule has 4 heteroatoms. The molecule has 0 aliphatic heterocycles. The minimum Gasteiger partial charge on any atom is -0.212 e. The Hall–Kier alpha value is -0.540. The molecule has 0 saturated heterocycles. The molecule has 0 aromatic heterocycles. The standard InChI is InChI=1S/C12H15ClO2S/c13-16(14,15)9-10-5-7-12(8-6-10)11-3-1-2-4-11/h5-8,11H,1-4,9H2. The summed E-state index contributed by atoms with van der Waals surface area (Å²) < 4.78 is 21.8. The third kappa shape index (κ3) is 3.22. The van der Waals surface area contributed by atoms with Crippen molar-refractivity contribution in [3.8, 4) is 0 Å². The molecule has 1 aromatic rings. The number of hydrogen-bond donors (Lipinski definition) is 0. The summed E-state index contributed by atoms with van der Waals surface area (Å²) in [7, 11) is 1.77. The molecule has 2 nitrogen and oxygen atoms in total. The zero-order valence-corrected chi connectivity index (χ0v) is 10.6. The van der Waals surface area contributed by atoms with E-state index in [4.69, 9.17) is 10.7 Å². The average Bonchev–Trinajstić information content (AvgIpc) is 2.69. The molecule has 1 saturated carbocycles. The largest absolute Gasteiger partial charge is 0.236 e. The summed E-state index contributed by atoms with van der Waals surface area (Å²) >= 11 is 0. The van der Waals surface area contributed by atoms with E-state index in [1.807, 2.05) is 24.3 Å². The van der Waals surface area contributed by atoms with E-state index in [0.29, 0.717) is 5.92 Å². The Kier molecular flexibility index (Phi) is 3.55. The van der Waals surface area contributed by atoms with Gasteiger partial charge < -0.3 is 0 Å². The van der Waals surface area contributed by atoms with Crippen LogP contribution in [0.3, 0.4) is 0 Å². The molecule has 0 radical (unpaired) electrons. The highest BCUT2D eigenvalue weighted by molar-refractivity contribution is 8.13. The smallest absolute Gasteiger partial charge is 0.212 e. The molecule has 88 valence electrons. The summed E-state index contributed by atoms with van der Waals surface area (Å²) in [5.41, 5.74) is 2.09. The fourth-order valence-corrected chi connectivity index (χ4v) is 3.31. The molecule has 0 atom stereocenters. The van der Waals surface area contributed by atoms with Gasteiger partial charge in [-0.25, -0.2) is 8.42 Å². The lowest BCUT2D eigenvalue weighted by Crippen LogP contribution is -1.96. The van der Waals surface area contributed by atoms with E-state index in [9.17, 15) is 8.42 Å². The predicted molar refractivity (Wildman–Crippen MR) is 66.1 cm³/mol. The first kappa shape index (κ1) is 11.9. The molecule has 0 spiro atoms. The number of rotatable bonds is 3. The van der Waals surface area contributed by atoms with Crippen molar-refractivity contribution in [3.63, 3.8) is 0 Å². The Bertz CT molecular complexity index is 444. The van der Waals surface area contributed by atoms with Gasteiger partial charge in [0, 0.05) is 10.7 Å². The van der Waals surface area contributed by atoms with E-state index in [1.165, 1.54) is 31.2 Å². The Morgan fingerprint density at radius 2 is 1.69 bits per heavy atom. The summed E-state index contributed by atoms with van der Waals surface area (Å²) in [4.78, 5) is 0. The van der Waals surface area contributed by atoms with Crippen LogP contribution in [0, 0.1) is 0 Å². The lowest BCUT2D eigenvalue weighted by Gasteiger charge is -2.09. The van der Waals surface area contributed by atoms with Gasteiger partial charge in [0.1, 0.15) is 0 Å². The second kappa shape index (κ2) is 4.76. The zero-order valence-electron chi connectivity index (χ0n) is 9.02. The van der Waals surface area contributed by atoms with Gasteiger partial charge in [-0.15, -0.1) is 0 Å². The second-order valence-electron chi connectivity index (χ2n) is 4.41. The van der Waals surface area contributed by atoms with Crippen LogP contribution >= 0.6 is 10.7 Å². The van der Waals surface area contributed by atoms with Gasteiger partial charge in [-0.05, 0) is 29.9 Å². The Labute approximate surface area is 101 Å². The first-order chi connectivity index (χ1) is 7.54. The monoisotopic (exact) mass is 258 g/mol. The van der Waals surface area contributed by atoms with Crippen LogP contribution in [-0.4, -0.2) is 8.42 Å². The van der Waals surface area contributed by atoms with Gasteiger partial charge >= 0.3 is 0 Å². The van der Waals surface area contributed by atoms with E-state index >= 15 is 0 Å². The molecular formula is C12H15ClO2S. The van der Waals surface area contributed by atoms with Crippen LogP contribution in [-0.2, 0) is 14.8 Å². The Morgan fingerprint density at radius 3 is 2.19 bits per heavy atom. The maximum Gasteiger partial charge on any atom is 0.236 e. The summed E-state index contributed by atoms with van der Waals surface area (Å²) in [6, 6.07) is 7.81. The van der Waals surface area contributed by atoms with Crippen molar-refractivity contribution in [3.05, 3.63) is 35.4 Å². The van der Waals surface area contributed by atoms with Crippen LogP contribution in [0.25, 0.3) is 0 Å². The van der Waals surface area contributed by atoms with E-state index < -0.39 is 9.05 Å². The SMILES string of the molecule is O=S(=O)(Cl)Cc1ccc(C2CCCC2)cc1. The first-order valence-corrected chi connectivity index (χ1v) is 8.03.